The first-order valence-electron chi connectivity index (χ1n) is 27.0. The number of ether oxygens (including phenoxy) is 2. The van der Waals surface area contributed by atoms with Crippen LogP contribution in [-0.2, 0) is 23.9 Å². The van der Waals surface area contributed by atoms with E-state index in [1.165, 1.54) is 116 Å². The maximum Gasteiger partial charge on any atom is 0.305 e. The van der Waals surface area contributed by atoms with E-state index in [2.05, 4.69) is 58.5 Å². The summed E-state index contributed by atoms with van der Waals surface area (Å²) in [5, 5.41) is 0. The number of unbranched alkanes of at least 4 members (excludes halogenated alkanes) is 20. The van der Waals surface area contributed by atoms with Crippen LogP contribution in [0, 0.1) is 17.8 Å². The maximum absolute atomic E-state index is 14.3. The van der Waals surface area contributed by atoms with Gasteiger partial charge in [0.2, 0.25) is 5.91 Å². The zero-order valence-corrected chi connectivity index (χ0v) is 42.2. The van der Waals surface area contributed by atoms with Crippen molar-refractivity contribution in [2.45, 2.75) is 266 Å². The Labute approximate surface area is 380 Å². The Morgan fingerprint density at radius 3 is 1.16 bits per heavy atom. The zero-order chi connectivity index (χ0) is 45.0. The second-order valence-electron chi connectivity index (χ2n) is 19.3. The Morgan fingerprint density at radius 1 is 0.377 bits per heavy atom. The van der Waals surface area contributed by atoms with Gasteiger partial charge in [0.1, 0.15) is 0 Å². The molecule has 0 aromatic rings. The van der Waals surface area contributed by atoms with Crippen LogP contribution in [0.1, 0.15) is 266 Å². The van der Waals surface area contributed by atoms with Gasteiger partial charge in [-0.2, -0.15) is 0 Å². The molecule has 0 fully saturated rings. The Balaban J connectivity index is 5.02. The van der Waals surface area contributed by atoms with Gasteiger partial charge in [0.15, 0.2) is 0 Å². The fourth-order valence-electron chi connectivity index (χ4n) is 8.73. The van der Waals surface area contributed by atoms with Crippen molar-refractivity contribution in [1.82, 2.24) is 9.80 Å². The average Bonchev–Trinajstić information content (AvgIpc) is 3.25. The minimum atomic E-state index is -0.0293. The molecule has 2 unspecified atom stereocenters. The Hall–Kier alpha value is -1.63. The molecule has 1 amide bonds. The van der Waals surface area contributed by atoms with Crippen LogP contribution >= 0.6 is 0 Å². The molecule has 0 radical (unpaired) electrons. The average molecular weight is 863 g/mol. The largest absolute Gasteiger partial charge is 0.465 e. The summed E-state index contributed by atoms with van der Waals surface area (Å²) in [6, 6.07) is 0. The summed E-state index contributed by atoms with van der Waals surface area (Å²) in [6.07, 6.45) is 40.3. The number of carbonyl (C=O) groups excluding carboxylic acids is 3. The molecule has 0 spiro atoms. The lowest BCUT2D eigenvalue weighted by Crippen LogP contribution is -2.38. The Morgan fingerprint density at radius 2 is 0.721 bits per heavy atom. The second-order valence-corrected chi connectivity index (χ2v) is 19.3. The molecule has 0 aromatic carbocycles. The fourth-order valence-corrected chi connectivity index (χ4v) is 8.73. The van der Waals surface area contributed by atoms with Crippen molar-refractivity contribution in [2.24, 2.45) is 17.8 Å². The lowest BCUT2D eigenvalue weighted by atomic mass is 9.92. The number of hydrogen-bond donors (Lipinski definition) is 0. The Kier molecular flexibility index (Phi) is 43.8. The van der Waals surface area contributed by atoms with Gasteiger partial charge >= 0.3 is 11.9 Å². The van der Waals surface area contributed by atoms with Crippen LogP contribution in [0.3, 0.4) is 0 Å². The molecule has 61 heavy (non-hydrogen) atoms. The zero-order valence-electron chi connectivity index (χ0n) is 42.2. The van der Waals surface area contributed by atoms with Crippen molar-refractivity contribution in [1.29, 1.82) is 0 Å². The van der Waals surface area contributed by atoms with Gasteiger partial charge in [-0.3, -0.25) is 14.4 Å². The molecule has 0 N–H and O–H groups in total. The van der Waals surface area contributed by atoms with E-state index >= 15 is 0 Å². The fraction of sp³-hybridized carbons (Fsp3) is 0.944. The summed E-state index contributed by atoms with van der Waals surface area (Å²) in [5.41, 5.74) is 0. The predicted molar refractivity (Wildman–Crippen MR) is 262 cm³/mol. The number of carbonyl (C=O) groups is 3. The summed E-state index contributed by atoms with van der Waals surface area (Å²) in [6.45, 7) is 15.2. The predicted octanol–water partition coefficient (Wildman–Crippen LogP) is 15.5. The molecule has 0 aliphatic heterocycles. The summed E-state index contributed by atoms with van der Waals surface area (Å²) in [5.74, 6) is 1.44. The lowest BCUT2D eigenvalue weighted by molar-refractivity contribution is -0.146. The van der Waals surface area contributed by atoms with Crippen molar-refractivity contribution < 1.29 is 23.9 Å². The van der Waals surface area contributed by atoms with Gasteiger partial charge in [-0.25, -0.2) is 0 Å². The topological polar surface area (TPSA) is 76.2 Å². The highest BCUT2D eigenvalue weighted by molar-refractivity contribution is 5.78. The van der Waals surface area contributed by atoms with E-state index < -0.39 is 0 Å². The van der Waals surface area contributed by atoms with E-state index in [0.717, 1.165) is 122 Å². The molecule has 0 heterocycles. The van der Waals surface area contributed by atoms with E-state index in [-0.39, 0.29) is 17.9 Å². The molecule has 0 saturated heterocycles. The standard InChI is InChI=1S/C54H106N2O5/c1-8-13-18-20-21-28-34-45-56(46-35-44-55(6)7)54(59)51(40-30-24-22-26-32-42-52(57)60-47-49(36-15-10-3)37-16-11-4)41-31-25-23-27-33-43-53(58)61-48-50(38-17-12-5)39-29-19-14-9-2/h49-51H,8-48H2,1-7H3. The minimum Gasteiger partial charge on any atom is -0.465 e. The molecule has 362 valence electrons. The van der Waals surface area contributed by atoms with E-state index in [4.69, 9.17) is 9.47 Å². The highest BCUT2D eigenvalue weighted by Crippen LogP contribution is 2.24. The van der Waals surface area contributed by atoms with Gasteiger partial charge in [-0.05, 0) is 96.7 Å². The monoisotopic (exact) mass is 863 g/mol. The third-order valence-corrected chi connectivity index (χ3v) is 12.9. The van der Waals surface area contributed by atoms with Gasteiger partial charge in [0.05, 0.1) is 13.2 Å². The van der Waals surface area contributed by atoms with Gasteiger partial charge in [0.25, 0.3) is 0 Å². The molecule has 2 atom stereocenters. The number of esters is 2. The van der Waals surface area contributed by atoms with Crippen molar-refractivity contribution in [3.63, 3.8) is 0 Å². The molecule has 0 aliphatic rings. The maximum atomic E-state index is 14.3. The van der Waals surface area contributed by atoms with Crippen LogP contribution in [0.4, 0.5) is 0 Å². The molecule has 0 saturated carbocycles. The molecular formula is C54H106N2O5. The highest BCUT2D eigenvalue weighted by Gasteiger charge is 2.24. The number of rotatable bonds is 47. The summed E-state index contributed by atoms with van der Waals surface area (Å²) >= 11 is 0. The molecule has 0 rings (SSSR count). The van der Waals surface area contributed by atoms with Crippen molar-refractivity contribution in [3.8, 4) is 0 Å². The van der Waals surface area contributed by atoms with Crippen LogP contribution < -0.4 is 0 Å². The normalized spacial score (nSPS) is 12.6. The van der Waals surface area contributed by atoms with E-state index in [9.17, 15) is 14.4 Å². The van der Waals surface area contributed by atoms with Crippen molar-refractivity contribution >= 4 is 17.8 Å². The first kappa shape index (κ1) is 59.4. The third-order valence-electron chi connectivity index (χ3n) is 12.9. The molecule has 0 aromatic heterocycles. The van der Waals surface area contributed by atoms with Crippen LogP contribution in [0.15, 0.2) is 0 Å². The van der Waals surface area contributed by atoms with Gasteiger partial charge in [-0.1, -0.05) is 189 Å². The quantitative estimate of drug-likeness (QED) is 0.0448. The highest BCUT2D eigenvalue weighted by atomic mass is 16.5. The minimum absolute atomic E-state index is 0.0234. The van der Waals surface area contributed by atoms with E-state index in [0.29, 0.717) is 43.8 Å². The number of amides is 1. The summed E-state index contributed by atoms with van der Waals surface area (Å²) in [7, 11) is 4.24. The third kappa shape index (κ3) is 38.5. The number of hydrogen-bond acceptors (Lipinski definition) is 6. The summed E-state index contributed by atoms with van der Waals surface area (Å²) in [4.78, 5) is 43.9. The molecule has 7 nitrogen and oxygen atoms in total. The number of nitrogens with zero attached hydrogens (tertiary/aromatic N) is 2. The van der Waals surface area contributed by atoms with Gasteiger partial charge < -0.3 is 19.3 Å². The van der Waals surface area contributed by atoms with Crippen molar-refractivity contribution in [2.75, 3.05) is 46.9 Å². The summed E-state index contributed by atoms with van der Waals surface area (Å²) < 4.78 is 11.5. The van der Waals surface area contributed by atoms with E-state index in [1.807, 2.05) is 0 Å². The van der Waals surface area contributed by atoms with Gasteiger partial charge in [-0.15, -0.1) is 0 Å². The first-order valence-corrected chi connectivity index (χ1v) is 27.0. The van der Waals surface area contributed by atoms with Crippen LogP contribution in [0.2, 0.25) is 0 Å². The van der Waals surface area contributed by atoms with Crippen LogP contribution in [0.25, 0.3) is 0 Å². The first-order chi connectivity index (χ1) is 29.7. The van der Waals surface area contributed by atoms with E-state index in [1.54, 1.807) is 0 Å². The van der Waals surface area contributed by atoms with Crippen LogP contribution in [-0.4, -0.2) is 74.6 Å². The van der Waals surface area contributed by atoms with Crippen LogP contribution in [0.5, 0.6) is 0 Å². The molecule has 7 heteroatoms. The Bertz CT molecular complexity index is 965. The smallest absolute Gasteiger partial charge is 0.305 e. The van der Waals surface area contributed by atoms with Gasteiger partial charge in [0, 0.05) is 31.8 Å². The molecular weight excluding hydrogens is 757 g/mol. The molecule has 0 aliphatic carbocycles. The molecule has 0 bridgehead atoms. The second kappa shape index (κ2) is 45.0. The SMILES string of the molecule is CCCCCCCCCN(CCCN(C)C)C(=O)C(CCCCCCCC(=O)OCC(CCCC)CCCC)CCCCCCCC(=O)OCC(CCCC)CCCCCC. The lowest BCUT2D eigenvalue weighted by Gasteiger charge is -2.28. The van der Waals surface area contributed by atoms with Crippen molar-refractivity contribution in [3.05, 3.63) is 0 Å².